The Labute approximate surface area is 120 Å². The number of hydrogen-bond donors (Lipinski definition) is 0. The van der Waals surface area contributed by atoms with Crippen LogP contribution in [-0.4, -0.2) is 39.2 Å². The van der Waals surface area contributed by atoms with E-state index in [-0.39, 0.29) is 10.7 Å². The summed E-state index contributed by atoms with van der Waals surface area (Å²) in [4.78, 5) is 23.7. The summed E-state index contributed by atoms with van der Waals surface area (Å²) in [6.07, 6.45) is 0. The van der Waals surface area contributed by atoms with Gasteiger partial charge in [-0.2, -0.15) is 0 Å². The van der Waals surface area contributed by atoms with Gasteiger partial charge < -0.3 is 0 Å². The van der Waals surface area contributed by atoms with Crippen molar-refractivity contribution in [1.29, 1.82) is 0 Å². The molecule has 1 rings (SSSR count). The molecule has 1 aromatic rings. The van der Waals surface area contributed by atoms with Crippen LogP contribution in [0.3, 0.4) is 0 Å². The monoisotopic (exact) mass is 326 g/mol. The van der Waals surface area contributed by atoms with Gasteiger partial charge in [-0.15, -0.1) is 0 Å². The number of rotatable bonds is 4. The quantitative estimate of drug-likeness (QED) is 0.629. The van der Waals surface area contributed by atoms with Gasteiger partial charge in [0.05, 0.1) is 0 Å². The summed E-state index contributed by atoms with van der Waals surface area (Å²) in [5.41, 5.74) is 0.244. The van der Waals surface area contributed by atoms with Crippen molar-refractivity contribution in [2.75, 3.05) is 7.11 Å². The van der Waals surface area contributed by atoms with E-state index in [4.69, 9.17) is 9.47 Å². The number of ether oxygens (including phenoxy) is 2. The zero-order chi connectivity index (χ0) is 14.5. The average Bonchev–Trinajstić information content (AvgIpc) is 2.34. The van der Waals surface area contributed by atoms with Gasteiger partial charge in [-0.05, 0) is 0 Å². The molecular formula is C14H19AsO4. The molecule has 0 spiro atoms. The van der Waals surface area contributed by atoms with Gasteiger partial charge in [0.2, 0.25) is 0 Å². The van der Waals surface area contributed by atoms with Crippen LogP contribution in [0.15, 0.2) is 30.3 Å². The van der Waals surface area contributed by atoms with Crippen LogP contribution in [0.5, 0.6) is 0 Å². The molecule has 2 atom stereocenters. The number of esters is 1. The van der Waals surface area contributed by atoms with E-state index in [0.29, 0.717) is 0 Å². The first kappa shape index (κ1) is 15.8. The van der Waals surface area contributed by atoms with E-state index >= 15 is 0 Å². The van der Waals surface area contributed by atoms with Crippen molar-refractivity contribution in [3.63, 3.8) is 0 Å². The predicted molar refractivity (Wildman–Crippen MR) is 74.6 cm³/mol. The maximum atomic E-state index is 12.2. The number of methoxy groups -OCH3 is 1. The molecule has 104 valence electrons. The number of carbonyl (C=O) groups is 2. The molecule has 0 aliphatic rings. The van der Waals surface area contributed by atoms with E-state index in [1.165, 1.54) is 7.11 Å². The van der Waals surface area contributed by atoms with Gasteiger partial charge in [-0.25, -0.2) is 0 Å². The van der Waals surface area contributed by atoms with Crippen LogP contribution in [0.25, 0.3) is 0 Å². The fraction of sp³-hybridized carbons (Fsp3) is 0.429. The first-order valence-corrected chi connectivity index (χ1v) is 8.22. The van der Waals surface area contributed by atoms with Crippen molar-refractivity contribution < 1.29 is 19.1 Å². The Morgan fingerprint density at radius 1 is 1.16 bits per heavy atom. The van der Waals surface area contributed by atoms with Crippen LogP contribution in [0.4, 0.5) is 4.79 Å². The molecule has 0 saturated heterocycles. The van der Waals surface area contributed by atoms with Crippen LogP contribution in [0.1, 0.15) is 31.0 Å². The first-order chi connectivity index (χ1) is 8.83. The Kier molecular flexibility index (Phi) is 5.61. The Hall–Kier alpha value is -1.28. The van der Waals surface area contributed by atoms with Crippen molar-refractivity contribution in [3.05, 3.63) is 35.9 Å². The normalized spacial score (nSPS) is 13.3. The first-order valence-electron chi connectivity index (χ1n) is 5.96. The van der Waals surface area contributed by atoms with E-state index < -0.39 is 26.1 Å². The zero-order valence-electron chi connectivity index (χ0n) is 11.6. The number of hydrogen-bond acceptors (Lipinski definition) is 4. The summed E-state index contributed by atoms with van der Waals surface area (Å²) in [6, 6.07) is 9.22. The SMILES string of the molecule is COC(=O)[AsH][C@@H](C(=O)OC(C)(C)C)c1ccccc1. The second-order valence-corrected chi connectivity index (χ2v) is 7.69. The van der Waals surface area contributed by atoms with Gasteiger partial charge in [-0.3, -0.25) is 0 Å². The van der Waals surface area contributed by atoms with E-state index in [1.807, 2.05) is 51.1 Å². The second-order valence-electron chi connectivity index (χ2n) is 5.01. The molecule has 0 aliphatic heterocycles. The van der Waals surface area contributed by atoms with Crippen LogP contribution >= 0.6 is 0 Å². The summed E-state index contributed by atoms with van der Waals surface area (Å²) < 4.78 is 9.26. The summed E-state index contributed by atoms with van der Waals surface area (Å²) in [6.45, 7) is 5.43. The van der Waals surface area contributed by atoms with Crippen molar-refractivity contribution in [2.45, 2.75) is 31.1 Å². The summed E-state index contributed by atoms with van der Waals surface area (Å²) in [5.74, 6) is -0.357. The summed E-state index contributed by atoms with van der Waals surface area (Å²) in [5, 5.41) is 0. The molecule has 4 nitrogen and oxygen atoms in total. The minimum atomic E-state index is -1.26. The molecule has 0 radical (unpaired) electrons. The van der Waals surface area contributed by atoms with Crippen molar-refractivity contribution in [2.24, 2.45) is 0 Å². The van der Waals surface area contributed by atoms with Crippen molar-refractivity contribution >= 4 is 26.5 Å². The van der Waals surface area contributed by atoms with Crippen LogP contribution in [-0.2, 0) is 14.3 Å². The fourth-order valence-electron chi connectivity index (χ4n) is 1.46. The second kappa shape index (κ2) is 6.76. The molecule has 1 unspecified atom stereocenters. The molecule has 19 heavy (non-hydrogen) atoms. The zero-order valence-corrected chi connectivity index (χ0v) is 13.7. The Morgan fingerprint density at radius 2 is 1.74 bits per heavy atom. The van der Waals surface area contributed by atoms with E-state index in [0.717, 1.165) is 5.56 Å². The molecule has 0 N–H and O–H groups in total. The van der Waals surface area contributed by atoms with Crippen LogP contribution in [0, 0.1) is 0 Å². The van der Waals surface area contributed by atoms with Gasteiger partial charge in [0.15, 0.2) is 0 Å². The molecule has 0 fully saturated rings. The Bertz CT molecular complexity index is 437. The molecule has 0 heterocycles. The summed E-state index contributed by atoms with van der Waals surface area (Å²) in [7, 11) is 1.34. The average molecular weight is 326 g/mol. The third kappa shape index (κ3) is 5.48. The molecule has 1 aromatic carbocycles. The van der Waals surface area contributed by atoms with E-state index in [1.54, 1.807) is 0 Å². The molecular weight excluding hydrogens is 307 g/mol. The van der Waals surface area contributed by atoms with Gasteiger partial charge in [0.1, 0.15) is 0 Å². The van der Waals surface area contributed by atoms with Gasteiger partial charge in [0, 0.05) is 0 Å². The molecule has 0 aliphatic carbocycles. The van der Waals surface area contributed by atoms with Crippen LogP contribution in [0.2, 0.25) is 0 Å². The molecule has 0 bridgehead atoms. The van der Waals surface area contributed by atoms with Crippen molar-refractivity contribution in [1.82, 2.24) is 0 Å². The summed E-state index contributed by atoms with van der Waals surface area (Å²) >= 11 is -1.26. The Morgan fingerprint density at radius 3 is 2.21 bits per heavy atom. The van der Waals surface area contributed by atoms with Gasteiger partial charge >= 0.3 is 120 Å². The molecule has 0 saturated carbocycles. The fourth-order valence-corrected chi connectivity index (χ4v) is 3.33. The van der Waals surface area contributed by atoms with Gasteiger partial charge in [-0.1, -0.05) is 0 Å². The van der Waals surface area contributed by atoms with E-state index in [9.17, 15) is 9.59 Å². The molecule has 5 heteroatoms. The van der Waals surface area contributed by atoms with Crippen molar-refractivity contribution in [3.8, 4) is 0 Å². The number of benzene rings is 1. The molecule has 0 aromatic heterocycles. The third-order valence-electron chi connectivity index (χ3n) is 2.22. The topological polar surface area (TPSA) is 52.6 Å². The maximum absolute atomic E-state index is 12.2. The third-order valence-corrected chi connectivity index (χ3v) is 4.95. The number of carbonyl (C=O) groups excluding carboxylic acids is 2. The standard InChI is InChI=1S/C14H19AsO4/c1-14(2,3)19-12(16)11(15-13(17)18-4)10-8-6-5-7-9-10/h5-9,11,15H,1-4H3/t11-/m1/s1. The minimum absolute atomic E-state index is 0.306. The van der Waals surface area contributed by atoms with E-state index in [2.05, 4.69) is 0 Å². The van der Waals surface area contributed by atoms with Gasteiger partial charge in [0.25, 0.3) is 0 Å². The Balaban J connectivity index is 2.93. The predicted octanol–water partition coefficient (Wildman–Crippen LogP) is 2.27. The molecule has 0 amide bonds. The van der Waals surface area contributed by atoms with Crippen LogP contribution < -0.4 is 0 Å².